The fourth-order valence-corrected chi connectivity index (χ4v) is 4.77. The number of para-hydroxylation sites is 1. The highest BCUT2D eigenvalue weighted by Crippen LogP contribution is 2.38. The van der Waals surface area contributed by atoms with Gasteiger partial charge in [0.15, 0.2) is 11.3 Å². The molecule has 5 aromatic rings. The lowest BCUT2D eigenvalue weighted by Gasteiger charge is -2.14. The van der Waals surface area contributed by atoms with Crippen LogP contribution in [-0.4, -0.2) is 16.8 Å². The summed E-state index contributed by atoms with van der Waals surface area (Å²) in [7, 11) is 1.53. The SMILES string of the molecule is COc1cccc(Sc2c(O)c3c(=O)n(Cc4cccc(F)c4)c4ccccc4c3oc2=O)c1. The molecule has 0 fully saturated rings. The zero-order chi connectivity index (χ0) is 23.8. The second-order valence-corrected chi connectivity index (χ2v) is 8.67. The summed E-state index contributed by atoms with van der Waals surface area (Å²) in [4.78, 5) is 27.0. The van der Waals surface area contributed by atoms with Gasteiger partial charge in [-0.25, -0.2) is 9.18 Å². The Morgan fingerprint density at radius 1 is 1.03 bits per heavy atom. The highest BCUT2D eigenvalue weighted by atomic mass is 32.2. The third-order valence-electron chi connectivity index (χ3n) is 5.45. The smallest absolute Gasteiger partial charge is 0.354 e. The summed E-state index contributed by atoms with van der Waals surface area (Å²) in [6, 6.07) is 19.8. The van der Waals surface area contributed by atoms with Crippen LogP contribution in [0.4, 0.5) is 4.39 Å². The van der Waals surface area contributed by atoms with E-state index >= 15 is 0 Å². The largest absolute Gasteiger partial charge is 0.505 e. The molecule has 170 valence electrons. The lowest BCUT2D eigenvalue weighted by molar-refractivity contribution is 0.413. The molecule has 2 heterocycles. The first-order chi connectivity index (χ1) is 16.5. The average molecular weight is 475 g/mol. The number of fused-ring (bicyclic) bond motifs is 3. The maximum atomic E-state index is 13.8. The normalized spacial score (nSPS) is 11.2. The van der Waals surface area contributed by atoms with Crippen molar-refractivity contribution < 1.29 is 18.7 Å². The summed E-state index contributed by atoms with van der Waals surface area (Å²) in [5.74, 6) is -0.289. The summed E-state index contributed by atoms with van der Waals surface area (Å²) < 4.78 is 26.0. The van der Waals surface area contributed by atoms with Crippen molar-refractivity contribution >= 4 is 33.6 Å². The van der Waals surface area contributed by atoms with Gasteiger partial charge in [-0.05, 0) is 48.0 Å². The van der Waals surface area contributed by atoms with E-state index in [9.17, 15) is 19.1 Å². The number of nitrogens with zero attached hydrogens (tertiary/aromatic N) is 1. The molecule has 6 nitrogen and oxygen atoms in total. The van der Waals surface area contributed by atoms with Crippen LogP contribution in [0.3, 0.4) is 0 Å². The van der Waals surface area contributed by atoms with Crippen LogP contribution in [0.5, 0.6) is 11.5 Å². The maximum absolute atomic E-state index is 13.8. The van der Waals surface area contributed by atoms with Crippen molar-refractivity contribution in [2.24, 2.45) is 0 Å². The van der Waals surface area contributed by atoms with E-state index in [1.165, 1.54) is 23.8 Å². The first kappa shape index (κ1) is 21.8. The molecule has 0 aliphatic carbocycles. The molecule has 5 rings (SSSR count). The topological polar surface area (TPSA) is 81.7 Å². The third-order valence-corrected chi connectivity index (χ3v) is 6.50. The van der Waals surface area contributed by atoms with Crippen LogP contribution >= 0.6 is 11.8 Å². The van der Waals surface area contributed by atoms with Gasteiger partial charge in [-0.1, -0.05) is 42.1 Å². The molecule has 0 bridgehead atoms. The fourth-order valence-electron chi connectivity index (χ4n) is 3.89. The minimum absolute atomic E-state index is 0.00795. The number of aromatic nitrogens is 1. The summed E-state index contributed by atoms with van der Waals surface area (Å²) in [5.41, 5.74) is -0.222. The van der Waals surface area contributed by atoms with Gasteiger partial charge in [0, 0.05) is 10.3 Å². The Morgan fingerprint density at radius 3 is 2.62 bits per heavy atom. The van der Waals surface area contributed by atoms with Gasteiger partial charge in [-0.3, -0.25) is 4.79 Å². The lowest BCUT2D eigenvalue weighted by Crippen LogP contribution is -2.22. The Morgan fingerprint density at radius 2 is 1.82 bits per heavy atom. The molecule has 0 aliphatic heterocycles. The standard InChI is InChI=1S/C26H18FNO5S/c1-32-17-8-5-9-18(13-17)34-24-22(29)21-23(33-26(24)31)19-10-2-3-11-20(19)28(25(21)30)14-15-6-4-7-16(27)12-15/h2-13,29H,14H2,1H3. The number of halogens is 1. The zero-order valence-electron chi connectivity index (χ0n) is 17.9. The Bertz CT molecular complexity index is 1670. The van der Waals surface area contributed by atoms with Crippen LogP contribution in [0.25, 0.3) is 21.9 Å². The molecule has 0 unspecified atom stereocenters. The average Bonchev–Trinajstić information content (AvgIpc) is 2.84. The Labute approximate surface area is 196 Å². The van der Waals surface area contributed by atoms with Gasteiger partial charge in [0.2, 0.25) is 0 Å². The van der Waals surface area contributed by atoms with Crippen molar-refractivity contribution in [2.45, 2.75) is 16.3 Å². The van der Waals surface area contributed by atoms with E-state index < -0.39 is 22.8 Å². The van der Waals surface area contributed by atoms with Gasteiger partial charge in [0.25, 0.3) is 5.56 Å². The maximum Gasteiger partial charge on any atom is 0.354 e. The van der Waals surface area contributed by atoms with E-state index in [-0.39, 0.29) is 22.4 Å². The van der Waals surface area contributed by atoms with Crippen LogP contribution < -0.4 is 15.9 Å². The molecule has 0 radical (unpaired) electrons. The number of rotatable bonds is 5. The first-order valence-corrected chi connectivity index (χ1v) is 11.2. The number of aromatic hydroxyl groups is 1. The number of hydrogen-bond donors (Lipinski definition) is 1. The molecule has 1 N–H and O–H groups in total. The van der Waals surface area contributed by atoms with E-state index in [0.29, 0.717) is 27.1 Å². The quantitative estimate of drug-likeness (QED) is 0.354. The van der Waals surface area contributed by atoms with Crippen LogP contribution in [0.1, 0.15) is 5.56 Å². The number of benzene rings is 3. The summed E-state index contributed by atoms with van der Waals surface area (Å²) in [5, 5.41) is 11.5. The Balaban J connectivity index is 1.76. The minimum atomic E-state index is -0.759. The third kappa shape index (κ3) is 3.82. The summed E-state index contributed by atoms with van der Waals surface area (Å²) in [6.07, 6.45) is 0. The van der Waals surface area contributed by atoms with E-state index in [1.807, 2.05) is 0 Å². The van der Waals surface area contributed by atoms with Crippen molar-refractivity contribution in [3.8, 4) is 11.5 Å². The number of methoxy groups -OCH3 is 1. The molecule has 0 aliphatic rings. The molecule has 3 aromatic carbocycles. The van der Waals surface area contributed by atoms with Crippen LogP contribution in [0, 0.1) is 5.82 Å². The van der Waals surface area contributed by atoms with Gasteiger partial charge in [-0.15, -0.1) is 0 Å². The predicted molar refractivity (Wildman–Crippen MR) is 129 cm³/mol. The molecule has 2 aromatic heterocycles. The highest BCUT2D eigenvalue weighted by Gasteiger charge is 2.22. The van der Waals surface area contributed by atoms with Crippen LogP contribution in [-0.2, 0) is 6.54 Å². The number of pyridine rings is 1. The second-order valence-electron chi connectivity index (χ2n) is 7.59. The predicted octanol–water partition coefficient (Wildman–Crippen LogP) is 5.16. The van der Waals surface area contributed by atoms with Gasteiger partial charge in [0.1, 0.15) is 21.8 Å². The molecule has 0 saturated carbocycles. The van der Waals surface area contributed by atoms with E-state index in [1.54, 1.807) is 60.7 Å². The van der Waals surface area contributed by atoms with E-state index in [0.717, 1.165) is 11.8 Å². The van der Waals surface area contributed by atoms with Crippen molar-refractivity contribution in [1.82, 2.24) is 4.57 Å². The fraction of sp³-hybridized carbons (Fsp3) is 0.0769. The number of ether oxygens (including phenoxy) is 1. The molecular formula is C26H18FNO5S. The summed E-state index contributed by atoms with van der Waals surface area (Å²) in [6.45, 7) is 0.0734. The molecule has 0 amide bonds. The van der Waals surface area contributed by atoms with Gasteiger partial charge >= 0.3 is 5.63 Å². The van der Waals surface area contributed by atoms with Crippen molar-refractivity contribution in [1.29, 1.82) is 0 Å². The Hall–Kier alpha value is -4.04. The highest BCUT2D eigenvalue weighted by molar-refractivity contribution is 7.99. The molecular weight excluding hydrogens is 457 g/mol. The Kier molecular flexibility index (Phi) is 5.59. The molecule has 0 spiro atoms. The van der Waals surface area contributed by atoms with Crippen molar-refractivity contribution in [2.75, 3.05) is 7.11 Å². The van der Waals surface area contributed by atoms with Crippen molar-refractivity contribution in [3.05, 3.63) is 105 Å². The van der Waals surface area contributed by atoms with Gasteiger partial charge in [-0.2, -0.15) is 0 Å². The zero-order valence-corrected chi connectivity index (χ0v) is 18.8. The minimum Gasteiger partial charge on any atom is -0.505 e. The van der Waals surface area contributed by atoms with Gasteiger partial charge < -0.3 is 18.8 Å². The lowest BCUT2D eigenvalue weighted by atomic mass is 10.1. The van der Waals surface area contributed by atoms with Crippen LogP contribution in [0.2, 0.25) is 0 Å². The monoisotopic (exact) mass is 475 g/mol. The second kappa shape index (κ2) is 8.72. The van der Waals surface area contributed by atoms with E-state index in [2.05, 4.69) is 0 Å². The van der Waals surface area contributed by atoms with Gasteiger partial charge in [0.05, 0.1) is 19.2 Å². The molecule has 8 heteroatoms. The molecule has 0 saturated heterocycles. The van der Waals surface area contributed by atoms with Crippen molar-refractivity contribution in [3.63, 3.8) is 0 Å². The molecule has 0 atom stereocenters. The number of hydrogen-bond acceptors (Lipinski definition) is 6. The van der Waals surface area contributed by atoms with E-state index in [4.69, 9.17) is 9.15 Å². The van der Waals surface area contributed by atoms with Crippen LogP contribution in [0.15, 0.2) is 96.6 Å². The molecule has 34 heavy (non-hydrogen) atoms. The summed E-state index contributed by atoms with van der Waals surface area (Å²) >= 11 is 0.977. The first-order valence-electron chi connectivity index (χ1n) is 10.3.